The van der Waals surface area contributed by atoms with Crippen LogP contribution in [-0.2, 0) is 32.7 Å². The summed E-state index contributed by atoms with van der Waals surface area (Å²) in [6.45, 7) is -1.18. The number of nitrogens with one attached hydrogen (secondary N) is 1. The number of nitrogen functional groups attached to an aromatic ring is 1. The maximum absolute atomic E-state index is 12.7. The molecule has 2 aliphatic rings. The topological polar surface area (TPSA) is 329 Å². The third-order valence-electron chi connectivity index (χ3n) is 6.29. The van der Waals surface area contributed by atoms with E-state index in [1.54, 1.807) is 0 Å². The van der Waals surface area contributed by atoms with Crippen molar-refractivity contribution >= 4 is 25.5 Å². The van der Waals surface area contributed by atoms with Gasteiger partial charge in [0.2, 0.25) is 11.7 Å². The van der Waals surface area contributed by atoms with Crippen LogP contribution < -0.4 is 26.7 Å². The van der Waals surface area contributed by atoms with Gasteiger partial charge in [-0.05, 0) is 6.07 Å². The molecule has 11 atom stereocenters. The van der Waals surface area contributed by atoms with Gasteiger partial charge in [-0.2, -0.15) is 4.98 Å². The monoisotopic (exact) mass is 612 g/mol. The van der Waals surface area contributed by atoms with Crippen molar-refractivity contribution in [3.05, 3.63) is 22.7 Å². The smallest absolute Gasteiger partial charge is 0.351 e. The number of carbonyl (C=O) groups excluding carboxylic acids is 2. The van der Waals surface area contributed by atoms with Gasteiger partial charge in [-0.25, -0.2) is 4.79 Å². The van der Waals surface area contributed by atoms with E-state index in [2.05, 4.69) is 19.3 Å². The number of nitrogens with zero attached hydrogens (tertiary/aromatic N) is 2. The lowest BCUT2D eigenvalue weighted by atomic mass is 9.88. The number of hydrogen-bond acceptors (Lipinski definition) is 18. The third kappa shape index (κ3) is 7.25. The Labute approximate surface area is 230 Å². The van der Waals surface area contributed by atoms with Crippen molar-refractivity contribution in [2.75, 3.05) is 18.9 Å². The molecule has 3 rings (SSSR count). The van der Waals surface area contributed by atoms with Crippen LogP contribution in [0.25, 0.3) is 0 Å². The number of anilines is 1. The molecule has 0 radical (unpaired) electrons. The first-order valence-corrected chi connectivity index (χ1v) is 13.3. The summed E-state index contributed by atoms with van der Waals surface area (Å²) in [7, 11) is -5.81. The van der Waals surface area contributed by atoms with Crippen LogP contribution in [0.1, 0.15) is 19.6 Å². The van der Waals surface area contributed by atoms with E-state index < -0.39 is 106 Å². The predicted octanol–water partition coefficient (Wildman–Crippen LogP) is -7.24. The summed E-state index contributed by atoms with van der Waals surface area (Å²) in [4.78, 5) is 51.8. The predicted molar refractivity (Wildman–Crippen MR) is 123 cm³/mol. The van der Waals surface area contributed by atoms with Crippen molar-refractivity contribution in [1.82, 2.24) is 14.9 Å². The maximum Gasteiger partial charge on any atom is 0.351 e. The fourth-order valence-electron chi connectivity index (χ4n) is 4.30. The number of phosphoric acid groups is 1. The van der Waals surface area contributed by atoms with Gasteiger partial charge < -0.3 is 70.5 Å². The second-order valence-corrected chi connectivity index (χ2v) is 10.6. The van der Waals surface area contributed by atoms with Gasteiger partial charge in [0.1, 0.15) is 48.4 Å². The Bertz CT molecular complexity index is 1220. The summed E-state index contributed by atoms with van der Waals surface area (Å²) in [5, 5.41) is 74.7. The zero-order valence-corrected chi connectivity index (χ0v) is 22.1. The molecule has 20 nitrogen and oxygen atoms in total. The molecule has 1 amide bonds. The molecule has 0 aliphatic carbocycles. The van der Waals surface area contributed by atoms with Crippen molar-refractivity contribution in [3.63, 3.8) is 0 Å². The van der Waals surface area contributed by atoms with E-state index in [1.165, 1.54) is 6.07 Å². The molecule has 3 unspecified atom stereocenters. The molecule has 1 aromatic heterocycles. The van der Waals surface area contributed by atoms with Gasteiger partial charge in [0, 0.05) is 19.5 Å². The molecule has 0 saturated carbocycles. The lowest BCUT2D eigenvalue weighted by molar-refractivity contribution is -0.377. The summed E-state index contributed by atoms with van der Waals surface area (Å²) in [6, 6.07) is -0.426. The van der Waals surface area contributed by atoms with E-state index in [0.717, 1.165) is 17.7 Å². The van der Waals surface area contributed by atoms with Crippen molar-refractivity contribution in [2.24, 2.45) is 0 Å². The van der Waals surface area contributed by atoms with E-state index in [0.29, 0.717) is 0 Å². The average Bonchev–Trinajstić information content (AvgIpc) is 3.16. The molecule has 1 aromatic rings. The molecule has 0 spiro atoms. The Kier molecular flexibility index (Phi) is 10.2. The Morgan fingerprint density at radius 2 is 2.00 bits per heavy atom. The summed E-state index contributed by atoms with van der Waals surface area (Å²) in [5.74, 6) is -6.70. The number of hydrogen-bond donors (Lipinski definition) is 8. The van der Waals surface area contributed by atoms with Crippen LogP contribution in [0.4, 0.5) is 5.82 Å². The quantitative estimate of drug-likeness (QED) is 0.108. The summed E-state index contributed by atoms with van der Waals surface area (Å²) in [6.07, 6.45) is -15.1. The molecule has 232 valence electrons. The maximum atomic E-state index is 12.7. The zero-order valence-electron chi connectivity index (χ0n) is 21.2. The van der Waals surface area contributed by atoms with Gasteiger partial charge >= 0.3 is 5.69 Å². The number of nitrogens with two attached hydrogens (primary N) is 1. The minimum Gasteiger partial charge on any atom is -0.756 e. The Morgan fingerprint density at radius 3 is 2.56 bits per heavy atom. The Hall–Kier alpha value is -2.59. The number of aliphatic hydroxyl groups excluding tert-OH is 6. The third-order valence-corrected chi connectivity index (χ3v) is 7.27. The van der Waals surface area contributed by atoms with Gasteiger partial charge in [0.25, 0.3) is 7.82 Å². The van der Waals surface area contributed by atoms with E-state index in [9.17, 15) is 54.5 Å². The first-order valence-electron chi connectivity index (χ1n) is 11.9. The molecule has 2 saturated heterocycles. The first-order chi connectivity index (χ1) is 19.0. The minimum atomic E-state index is -5.81. The fourth-order valence-corrected chi connectivity index (χ4v) is 5.24. The van der Waals surface area contributed by atoms with Gasteiger partial charge in [-0.15, -0.1) is 0 Å². The van der Waals surface area contributed by atoms with Crippen LogP contribution in [0.5, 0.6) is 0 Å². The Balaban J connectivity index is 1.79. The van der Waals surface area contributed by atoms with Crippen molar-refractivity contribution in [1.29, 1.82) is 0 Å². The standard InChI is InChI=1S/C20H31N4O16P/c1-7(26)22-12-8(27)4-20(18(32)33,39-16(12)13(29)9(28)5-25)40-41(35,36)37-6-10-14(30)15(31)17(38-10)24-3-2-11(21)23-19(24)34/h2-3,8-10,12-17,25,27-31H,4-6H2,1H3,(H,22,26)(H,32,33)(H,35,36)(H2,21,23,34)/p-2/t8-,9+,10+,12+,13+,14-,15?,16?,17+,20+/m0/s1. The minimum absolute atomic E-state index is 0.149. The van der Waals surface area contributed by atoms with Crippen LogP contribution in [0.3, 0.4) is 0 Å². The van der Waals surface area contributed by atoms with Gasteiger partial charge in [0.05, 0.1) is 25.4 Å². The number of rotatable bonds is 11. The summed E-state index contributed by atoms with van der Waals surface area (Å²) >= 11 is 0. The highest BCUT2D eigenvalue weighted by Gasteiger charge is 2.54. The van der Waals surface area contributed by atoms with Crippen molar-refractivity contribution in [3.8, 4) is 0 Å². The molecule has 2 aliphatic heterocycles. The number of ether oxygens (including phenoxy) is 2. The van der Waals surface area contributed by atoms with Crippen LogP contribution in [-0.4, -0.2) is 120 Å². The first kappa shape index (κ1) is 32.9. The highest BCUT2D eigenvalue weighted by atomic mass is 31.2. The van der Waals surface area contributed by atoms with Crippen LogP contribution >= 0.6 is 7.82 Å². The van der Waals surface area contributed by atoms with Crippen molar-refractivity contribution < 1.29 is 73.3 Å². The van der Waals surface area contributed by atoms with E-state index in [1.807, 2.05) is 0 Å². The molecular weight excluding hydrogens is 583 g/mol. The van der Waals surface area contributed by atoms with Gasteiger partial charge in [-0.1, -0.05) is 0 Å². The second-order valence-electron chi connectivity index (χ2n) is 9.28. The van der Waals surface area contributed by atoms with Crippen LogP contribution in [0.2, 0.25) is 0 Å². The lowest BCUT2D eigenvalue weighted by Gasteiger charge is -2.50. The molecule has 0 aromatic carbocycles. The van der Waals surface area contributed by atoms with E-state index >= 15 is 0 Å². The number of aliphatic carboxylic acids is 1. The number of carbonyl (C=O) groups is 2. The molecular formula is C20H29N4O16P-2. The molecule has 9 N–H and O–H groups in total. The van der Waals surface area contributed by atoms with E-state index in [-0.39, 0.29) is 5.82 Å². The molecule has 3 heterocycles. The average molecular weight is 612 g/mol. The highest BCUT2D eigenvalue weighted by molar-refractivity contribution is 7.45. The zero-order chi connectivity index (χ0) is 30.9. The van der Waals surface area contributed by atoms with Gasteiger partial charge in [0.15, 0.2) is 6.23 Å². The number of amides is 1. The SMILES string of the molecule is CC(=O)N[C@H]1C([C@H](O)[C@H](O)CO)O[C@](OP(=O)([O-])OC[C@H]2O[C@@H](n3ccc(N)nc3=O)C(O)[C@H]2O)(C(=O)[O-])C[C@@H]1O. The highest BCUT2D eigenvalue weighted by Crippen LogP contribution is 2.48. The number of carboxylic acid groups (broad SMARTS) is 1. The Morgan fingerprint density at radius 1 is 1.34 bits per heavy atom. The largest absolute Gasteiger partial charge is 0.756 e. The molecule has 0 bridgehead atoms. The van der Waals surface area contributed by atoms with Crippen molar-refractivity contribution in [2.45, 2.75) is 74.1 Å². The summed E-state index contributed by atoms with van der Waals surface area (Å²) < 4.78 is 33.1. The fraction of sp³-hybridized carbons (Fsp3) is 0.700. The molecule has 2 fully saturated rings. The number of phosphoric ester groups is 1. The number of aliphatic hydroxyl groups is 6. The summed E-state index contributed by atoms with van der Waals surface area (Å²) in [5.41, 5.74) is 4.43. The van der Waals surface area contributed by atoms with Gasteiger partial charge in [-0.3, -0.25) is 18.5 Å². The normalized spacial score (nSPS) is 34.9. The lowest BCUT2D eigenvalue weighted by Crippen LogP contribution is -2.69. The number of carboxylic acids is 1. The number of aromatic nitrogens is 2. The van der Waals surface area contributed by atoms with Crippen LogP contribution in [0, 0.1) is 0 Å². The molecule has 21 heteroatoms. The second kappa shape index (κ2) is 12.7. The van der Waals surface area contributed by atoms with Crippen LogP contribution in [0.15, 0.2) is 17.1 Å². The van der Waals surface area contributed by atoms with E-state index in [4.69, 9.17) is 20.3 Å². The molecule has 41 heavy (non-hydrogen) atoms.